The van der Waals surface area contributed by atoms with Gasteiger partial charge < -0.3 is 5.73 Å². The van der Waals surface area contributed by atoms with Crippen LogP contribution in [-0.4, -0.2) is 5.91 Å². The number of amides is 1. The van der Waals surface area contributed by atoms with Gasteiger partial charge in [0.15, 0.2) is 0 Å². The minimum absolute atomic E-state index is 0.335. The number of hydrogen-bond donors (Lipinski definition) is 1. The van der Waals surface area contributed by atoms with Crippen molar-refractivity contribution in [1.82, 2.24) is 0 Å². The van der Waals surface area contributed by atoms with E-state index < -0.39 is 0 Å². The lowest BCUT2D eigenvalue weighted by Gasteiger charge is -2.06. The minimum atomic E-state index is -0.335. The molecule has 23 heavy (non-hydrogen) atoms. The van der Waals surface area contributed by atoms with E-state index in [1.54, 1.807) is 0 Å². The van der Waals surface area contributed by atoms with Crippen LogP contribution in [0.15, 0.2) is 12.2 Å². The van der Waals surface area contributed by atoms with Crippen molar-refractivity contribution >= 4 is 5.91 Å². The van der Waals surface area contributed by atoms with Crippen LogP contribution in [0.5, 0.6) is 0 Å². The second-order valence-electron chi connectivity index (χ2n) is 7.12. The average molecular weight is 324 g/mol. The Morgan fingerprint density at radius 1 is 0.783 bits per heavy atom. The summed E-state index contributed by atoms with van der Waals surface area (Å²) in [5.74, 6) is 0.137. The predicted octanol–water partition coefficient (Wildman–Crippen LogP) is 6.54. The zero-order chi connectivity index (χ0) is 17.2. The van der Waals surface area contributed by atoms with Crippen molar-refractivity contribution in [3.63, 3.8) is 0 Å². The standard InChI is InChI=1S/C21H41NO/c1-3-4-5-6-7-8-9-10-11-12-13-14-15-16-17-20(2)18-19-21(22)23/h18-20H,3-17H2,1-2H3,(H2,22,23). The van der Waals surface area contributed by atoms with Crippen molar-refractivity contribution in [2.75, 3.05) is 0 Å². The molecule has 0 saturated heterocycles. The van der Waals surface area contributed by atoms with Gasteiger partial charge >= 0.3 is 0 Å². The van der Waals surface area contributed by atoms with Crippen molar-refractivity contribution in [2.24, 2.45) is 11.7 Å². The number of allylic oxidation sites excluding steroid dienone is 1. The molecule has 1 amide bonds. The van der Waals surface area contributed by atoms with Gasteiger partial charge in [-0.2, -0.15) is 0 Å². The van der Waals surface area contributed by atoms with Crippen LogP contribution in [0.2, 0.25) is 0 Å². The smallest absolute Gasteiger partial charge is 0.241 e. The Balaban J connectivity index is 3.14. The molecule has 0 aliphatic rings. The maximum absolute atomic E-state index is 10.6. The van der Waals surface area contributed by atoms with E-state index >= 15 is 0 Å². The van der Waals surface area contributed by atoms with E-state index in [1.807, 2.05) is 6.08 Å². The number of carbonyl (C=O) groups is 1. The lowest BCUT2D eigenvalue weighted by Crippen LogP contribution is -2.06. The molecule has 0 saturated carbocycles. The molecule has 0 heterocycles. The van der Waals surface area contributed by atoms with E-state index in [-0.39, 0.29) is 5.91 Å². The summed E-state index contributed by atoms with van der Waals surface area (Å²) in [6.45, 7) is 4.43. The fraction of sp³-hybridized carbons (Fsp3) is 0.857. The zero-order valence-corrected chi connectivity index (χ0v) is 15.8. The van der Waals surface area contributed by atoms with Crippen LogP contribution in [0.3, 0.4) is 0 Å². The second-order valence-corrected chi connectivity index (χ2v) is 7.12. The third-order valence-electron chi connectivity index (χ3n) is 4.60. The van der Waals surface area contributed by atoms with E-state index in [4.69, 9.17) is 5.73 Å². The number of hydrogen-bond acceptors (Lipinski definition) is 1. The number of nitrogens with two attached hydrogens (primary N) is 1. The molecule has 2 heteroatoms. The molecular formula is C21H41NO. The monoisotopic (exact) mass is 323 g/mol. The minimum Gasteiger partial charge on any atom is -0.366 e. The fourth-order valence-electron chi connectivity index (χ4n) is 3.02. The highest BCUT2D eigenvalue weighted by Crippen LogP contribution is 2.15. The van der Waals surface area contributed by atoms with Gasteiger partial charge in [0.2, 0.25) is 5.91 Å². The summed E-state index contributed by atoms with van der Waals surface area (Å²) in [7, 11) is 0. The molecule has 1 unspecified atom stereocenters. The van der Waals surface area contributed by atoms with Crippen molar-refractivity contribution in [2.45, 2.75) is 110 Å². The maximum atomic E-state index is 10.6. The molecule has 0 rings (SSSR count). The topological polar surface area (TPSA) is 43.1 Å². The average Bonchev–Trinajstić information content (AvgIpc) is 2.53. The van der Waals surface area contributed by atoms with E-state index in [2.05, 4.69) is 13.8 Å². The van der Waals surface area contributed by atoms with Crippen molar-refractivity contribution in [3.8, 4) is 0 Å². The summed E-state index contributed by atoms with van der Waals surface area (Å²) < 4.78 is 0. The van der Waals surface area contributed by atoms with Gasteiger partial charge in [-0.05, 0) is 18.4 Å². The lowest BCUT2D eigenvalue weighted by atomic mass is 10.0. The van der Waals surface area contributed by atoms with E-state index in [0.29, 0.717) is 5.92 Å². The molecule has 136 valence electrons. The first-order valence-corrected chi connectivity index (χ1v) is 10.1. The molecule has 0 fully saturated rings. The molecule has 1 atom stereocenters. The van der Waals surface area contributed by atoms with Crippen LogP contribution >= 0.6 is 0 Å². The summed E-state index contributed by atoms with van der Waals surface area (Å²) >= 11 is 0. The third-order valence-corrected chi connectivity index (χ3v) is 4.60. The van der Waals surface area contributed by atoms with Gasteiger partial charge in [-0.25, -0.2) is 0 Å². The quantitative estimate of drug-likeness (QED) is 0.240. The summed E-state index contributed by atoms with van der Waals surface area (Å²) in [4.78, 5) is 10.6. The van der Waals surface area contributed by atoms with Crippen LogP contribution in [0.25, 0.3) is 0 Å². The van der Waals surface area contributed by atoms with Gasteiger partial charge in [-0.15, -0.1) is 0 Å². The third kappa shape index (κ3) is 19.2. The highest BCUT2D eigenvalue weighted by Gasteiger charge is 1.98. The first-order valence-electron chi connectivity index (χ1n) is 10.1. The molecule has 0 aromatic rings. The normalized spacial score (nSPS) is 12.8. The van der Waals surface area contributed by atoms with E-state index in [0.717, 1.165) is 0 Å². The zero-order valence-electron chi connectivity index (χ0n) is 15.8. The van der Waals surface area contributed by atoms with Crippen LogP contribution in [0, 0.1) is 5.92 Å². The largest absolute Gasteiger partial charge is 0.366 e. The van der Waals surface area contributed by atoms with Crippen molar-refractivity contribution in [3.05, 3.63) is 12.2 Å². The van der Waals surface area contributed by atoms with Gasteiger partial charge in [0.1, 0.15) is 0 Å². The molecule has 0 bridgehead atoms. The van der Waals surface area contributed by atoms with Gasteiger partial charge in [-0.1, -0.05) is 110 Å². The van der Waals surface area contributed by atoms with Gasteiger partial charge in [0.05, 0.1) is 0 Å². The molecule has 2 nitrogen and oxygen atoms in total. The van der Waals surface area contributed by atoms with Crippen molar-refractivity contribution in [1.29, 1.82) is 0 Å². The Hall–Kier alpha value is -0.790. The van der Waals surface area contributed by atoms with Gasteiger partial charge in [0, 0.05) is 0 Å². The van der Waals surface area contributed by atoms with Gasteiger partial charge in [0.25, 0.3) is 0 Å². The highest BCUT2D eigenvalue weighted by molar-refractivity contribution is 5.85. The molecule has 0 aliphatic carbocycles. The Kier molecular flexibility index (Phi) is 17.0. The Morgan fingerprint density at radius 2 is 1.17 bits per heavy atom. The van der Waals surface area contributed by atoms with Gasteiger partial charge in [-0.3, -0.25) is 4.79 Å². The van der Waals surface area contributed by atoms with Crippen molar-refractivity contribution < 1.29 is 4.79 Å². The molecular weight excluding hydrogens is 282 g/mol. The van der Waals surface area contributed by atoms with Crippen LogP contribution in [0.1, 0.15) is 110 Å². The summed E-state index contributed by atoms with van der Waals surface area (Å²) in [6, 6.07) is 0. The molecule has 0 spiro atoms. The number of carbonyl (C=O) groups excluding carboxylic acids is 1. The lowest BCUT2D eigenvalue weighted by molar-refractivity contribution is -0.113. The maximum Gasteiger partial charge on any atom is 0.241 e. The van der Waals surface area contributed by atoms with E-state index in [9.17, 15) is 4.79 Å². The molecule has 0 aliphatic heterocycles. The van der Waals surface area contributed by atoms with Crippen LogP contribution < -0.4 is 5.73 Å². The first-order chi connectivity index (χ1) is 11.2. The summed E-state index contributed by atoms with van der Waals surface area (Å²) in [6.07, 6.45) is 24.2. The van der Waals surface area contributed by atoms with E-state index in [1.165, 1.54) is 102 Å². The molecule has 0 radical (unpaired) electrons. The SMILES string of the molecule is CCCCCCCCCCCCCCCCC(C)C=CC(N)=O. The Morgan fingerprint density at radius 3 is 1.57 bits per heavy atom. The second kappa shape index (κ2) is 17.6. The highest BCUT2D eigenvalue weighted by atomic mass is 16.1. The Bertz CT molecular complexity index is 286. The predicted molar refractivity (Wildman–Crippen MR) is 102 cm³/mol. The first kappa shape index (κ1) is 22.2. The number of rotatable bonds is 17. The number of unbranched alkanes of at least 4 members (excludes halogenated alkanes) is 13. The molecule has 0 aromatic heterocycles. The molecule has 0 aromatic carbocycles. The fourth-order valence-corrected chi connectivity index (χ4v) is 3.02. The molecule has 2 N–H and O–H groups in total. The summed E-state index contributed by atoms with van der Waals surface area (Å²) in [5, 5.41) is 0. The number of primary amides is 1. The van der Waals surface area contributed by atoms with Crippen LogP contribution in [0.4, 0.5) is 0 Å². The Labute approximate surface area is 145 Å². The van der Waals surface area contributed by atoms with Crippen LogP contribution in [-0.2, 0) is 4.79 Å². The summed E-state index contributed by atoms with van der Waals surface area (Å²) in [5.41, 5.74) is 5.10.